The fourth-order valence-corrected chi connectivity index (χ4v) is 3.10. The van der Waals surface area contributed by atoms with Gasteiger partial charge in [-0.05, 0) is 48.2 Å². The van der Waals surface area contributed by atoms with E-state index in [2.05, 4.69) is 44.0 Å². The maximum absolute atomic E-state index is 9.22. The van der Waals surface area contributed by atoms with E-state index in [9.17, 15) is 5.11 Å². The van der Waals surface area contributed by atoms with Crippen LogP contribution in [0.1, 0.15) is 11.1 Å². The number of phenolic OH excluding ortho intramolecular Hbond substituents is 1. The molecule has 0 amide bonds. The number of hydrogen-bond donors (Lipinski definition) is 1. The maximum atomic E-state index is 9.22. The van der Waals surface area contributed by atoms with E-state index in [0.29, 0.717) is 5.75 Å². The first-order valence-electron chi connectivity index (χ1n) is 5.37. The molecule has 2 aromatic rings. The Hall–Kier alpha value is -0.800. The summed E-state index contributed by atoms with van der Waals surface area (Å²) in [5.74, 6) is 0.316. The summed E-state index contributed by atoms with van der Waals surface area (Å²) in [7, 11) is 0. The number of benzene rings is 2. The van der Waals surface area contributed by atoms with Gasteiger partial charge in [0.25, 0.3) is 0 Å². The van der Waals surface area contributed by atoms with Gasteiger partial charge in [-0.25, -0.2) is 0 Å². The highest BCUT2D eigenvalue weighted by Crippen LogP contribution is 2.26. The van der Waals surface area contributed by atoms with E-state index in [1.165, 1.54) is 11.1 Å². The molecule has 0 aliphatic rings. The van der Waals surface area contributed by atoms with Crippen LogP contribution in [0.3, 0.4) is 0 Å². The smallest absolute Gasteiger partial charge is 0.115 e. The Kier molecular flexibility index (Phi) is 4.24. The number of halogens is 2. The third kappa shape index (κ3) is 3.33. The SMILES string of the molecule is Oc1ccc(CCc2c(Br)cccc2Br)cc1. The third-order valence-electron chi connectivity index (χ3n) is 2.66. The van der Waals surface area contributed by atoms with Crippen molar-refractivity contribution >= 4 is 31.9 Å². The molecule has 88 valence electrons. The molecule has 0 saturated heterocycles. The normalized spacial score (nSPS) is 10.5. The van der Waals surface area contributed by atoms with E-state index in [1.54, 1.807) is 12.1 Å². The van der Waals surface area contributed by atoms with Gasteiger partial charge in [0.2, 0.25) is 0 Å². The Balaban J connectivity index is 2.10. The van der Waals surface area contributed by atoms with Crippen molar-refractivity contribution in [1.29, 1.82) is 0 Å². The molecule has 1 nitrogen and oxygen atoms in total. The predicted octanol–water partition coefficient (Wildman–Crippen LogP) is 4.70. The van der Waals surface area contributed by atoms with Crippen LogP contribution in [0.2, 0.25) is 0 Å². The zero-order valence-corrected chi connectivity index (χ0v) is 12.3. The van der Waals surface area contributed by atoms with Gasteiger partial charge in [0.15, 0.2) is 0 Å². The monoisotopic (exact) mass is 354 g/mol. The van der Waals surface area contributed by atoms with Crippen LogP contribution < -0.4 is 0 Å². The second kappa shape index (κ2) is 5.69. The fourth-order valence-electron chi connectivity index (χ4n) is 1.70. The molecule has 1 N–H and O–H groups in total. The fraction of sp³-hybridized carbons (Fsp3) is 0.143. The summed E-state index contributed by atoms with van der Waals surface area (Å²) in [5, 5.41) is 9.22. The third-order valence-corrected chi connectivity index (χ3v) is 4.15. The molecule has 0 heterocycles. The van der Waals surface area contributed by atoms with Crippen LogP contribution in [0.25, 0.3) is 0 Å². The lowest BCUT2D eigenvalue weighted by Crippen LogP contribution is -1.93. The van der Waals surface area contributed by atoms with Crippen LogP contribution in [0.4, 0.5) is 0 Å². The molecule has 0 bridgehead atoms. The Labute approximate surface area is 118 Å². The molecule has 0 atom stereocenters. The Morgan fingerprint density at radius 1 is 0.824 bits per heavy atom. The topological polar surface area (TPSA) is 20.2 Å². The molecule has 0 spiro atoms. The van der Waals surface area contributed by atoms with E-state index >= 15 is 0 Å². The van der Waals surface area contributed by atoms with Crippen LogP contribution >= 0.6 is 31.9 Å². The molecular weight excluding hydrogens is 344 g/mol. The highest BCUT2D eigenvalue weighted by atomic mass is 79.9. The first-order valence-corrected chi connectivity index (χ1v) is 6.96. The molecule has 2 rings (SSSR count). The quantitative estimate of drug-likeness (QED) is 0.845. The summed E-state index contributed by atoms with van der Waals surface area (Å²) in [6.07, 6.45) is 1.92. The summed E-state index contributed by atoms with van der Waals surface area (Å²) in [6, 6.07) is 13.5. The van der Waals surface area contributed by atoms with Crippen molar-refractivity contribution in [1.82, 2.24) is 0 Å². The van der Waals surface area contributed by atoms with Crippen LogP contribution in [0, 0.1) is 0 Å². The standard InChI is InChI=1S/C14H12Br2O/c15-13-2-1-3-14(16)12(13)9-6-10-4-7-11(17)8-5-10/h1-5,7-8,17H,6,9H2. The average Bonchev–Trinajstić information content (AvgIpc) is 2.31. The van der Waals surface area contributed by atoms with Gasteiger partial charge in [0.05, 0.1) is 0 Å². The van der Waals surface area contributed by atoms with Crippen LogP contribution in [0.15, 0.2) is 51.4 Å². The molecule has 0 aromatic heterocycles. The van der Waals surface area contributed by atoms with Crippen LogP contribution in [-0.2, 0) is 12.8 Å². The van der Waals surface area contributed by atoms with Gasteiger partial charge in [-0.1, -0.05) is 50.1 Å². The predicted molar refractivity (Wildman–Crippen MR) is 77.4 cm³/mol. The molecule has 0 unspecified atom stereocenters. The first-order chi connectivity index (χ1) is 8.16. The molecule has 3 heteroatoms. The van der Waals surface area contributed by atoms with Gasteiger partial charge in [-0.15, -0.1) is 0 Å². The summed E-state index contributed by atoms with van der Waals surface area (Å²) < 4.78 is 2.26. The molecule has 0 saturated carbocycles. The van der Waals surface area contributed by atoms with Crippen LogP contribution in [-0.4, -0.2) is 5.11 Å². The highest BCUT2D eigenvalue weighted by molar-refractivity contribution is 9.11. The summed E-state index contributed by atoms with van der Waals surface area (Å²) in [4.78, 5) is 0. The van der Waals surface area contributed by atoms with Gasteiger partial charge in [-0.2, -0.15) is 0 Å². The van der Waals surface area contributed by atoms with Crippen molar-refractivity contribution < 1.29 is 5.11 Å². The van der Waals surface area contributed by atoms with E-state index in [4.69, 9.17) is 0 Å². The highest BCUT2D eigenvalue weighted by Gasteiger charge is 2.04. The van der Waals surface area contributed by atoms with Crippen molar-refractivity contribution in [2.75, 3.05) is 0 Å². The van der Waals surface area contributed by atoms with Crippen molar-refractivity contribution in [3.8, 4) is 5.75 Å². The van der Waals surface area contributed by atoms with E-state index in [0.717, 1.165) is 21.8 Å². The Morgan fingerprint density at radius 2 is 1.41 bits per heavy atom. The molecule has 17 heavy (non-hydrogen) atoms. The van der Waals surface area contributed by atoms with Gasteiger partial charge in [0, 0.05) is 8.95 Å². The molecular formula is C14H12Br2O. The summed E-state index contributed by atoms with van der Waals surface area (Å²) in [6.45, 7) is 0. The lowest BCUT2D eigenvalue weighted by Gasteiger charge is -2.07. The van der Waals surface area contributed by atoms with Crippen molar-refractivity contribution in [3.05, 3.63) is 62.5 Å². The Bertz CT molecular complexity index is 486. The largest absolute Gasteiger partial charge is 0.508 e. The zero-order chi connectivity index (χ0) is 12.3. The van der Waals surface area contributed by atoms with E-state index in [-0.39, 0.29) is 0 Å². The van der Waals surface area contributed by atoms with Crippen molar-refractivity contribution in [2.45, 2.75) is 12.8 Å². The molecule has 0 fully saturated rings. The van der Waals surface area contributed by atoms with E-state index < -0.39 is 0 Å². The first kappa shape index (κ1) is 12.7. The van der Waals surface area contributed by atoms with Crippen molar-refractivity contribution in [3.63, 3.8) is 0 Å². The van der Waals surface area contributed by atoms with Gasteiger partial charge in [0.1, 0.15) is 5.75 Å². The summed E-state index contributed by atoms with van der Waals surface area (Å²) in [5.41, 5.74) is 2.51. The minimum atomic E-state index is 0.316. The van der Waals surface area contributed by atoms with Gasteiger partial charge >= 0.3 is 0 Å². The van der Waals surface area contributed by atoms with Gasteiger partial charge < -0.3 is 5.11 Å². The average molecular weight is 356 g/mol. The molecule has 0 radical (unpaired) electrons. The molecule has 0 aliphatic carbocycles. The number of hydrogen-bond acceptors (Lipinski definition) is 1. The summed E-state index contributed by atoms with van der Waals surface area (Å²) >= 11 is 7.12. The minimum absolute atomic E-state index is 0.316. The molecule has 2 aromatic carbocycles. The molecule has 0 aliphatic heterocycles. The minimum Gasteiger partial charge on any atom is -0.508 e. The second-order valence-corrected chi connectivity index (χ2v) is 5.58. The number of phenols is 1. The number of aryl methyl sites for hydroxylation is 1. The van der Waals surface area contributed by atoms with Gasteiger partial charge in [-0.3, -0.25) is 0 Å². The zero-order valence-electron chi connectivity index (χ0n) is 9.16. The number of aromatic hydroxyl groups is 1. The Morgan fingerprint density at radius 3 is 2.00 bits per heavy atom. The number of rotatable bonds is 3. The lowest BCUT2D eigenvalue weighted by molar-refractivity contribution is 0.475. The van der Waals surface area contributed by atoms with Crippen LogP contribution in [0.5, 0.6) is 5.75 Å². The van der Waals surface area contributed by atoms with E-state index in [1.807, 2.05) is 18.2 Å². The van der Waals surface area contributed by atoms with Crippen molar-refractivity contribution in [2.24, 2.45) is 0 Å². The lowest BCUT2D eigenvalue weighted by atomic mass is 10.0. The maximum Gasteiger partial charge on any atom is 0.115 e. The second-order valence-electron chi connectivity index (χ2n) is 3.87.